The molecule has 0 atom stereocenters. The maximum absolute atomic E-state index is 6.78. The van der Waals surface area contributed by atoms with Crippen LogP contribution in [0, 0.1) is 0 Å². The molecule has 0 radical (unpaired) electrons. The molecule has 1 nitrogen and oxygen atoms in total. The van der Waals surface area contributed by atoms with Gasteiger partial charge in [-0.1, -0.05) is 32.6 Å². The molecule has 0 saturated carbocycles. The van der Waals surface area contributed by atoms with Gasteiger partial charge in [-0.25, -0.2) is 0 Å². The van der Waals surface area contributed by atoms with Crippen molar-refractivity contribution in [2.75, 3.05) is 6.54 Å². The van der Waals surface area contributed by atoms with Crippen LogP contribution in [0.15, 0.2) is 0 Å². The van der Waals surface area contributed by atoms with Crippen molar-refractivity contribution >= 4 is 0 Å². The fourth-order valence-corrected chi connectivity index (χ4v) is 0.552. The Hall–Kier alpha value is 0.557. The van der Waals surface area contributed by atoms with Gasteiger partial charge in [-0.05, 0) is 0 Å². The van der Waals surface area contributed by atoms with Crippen molar-refractivity contribution < 1.29 is 18.9 Å². The summed E-state index contributed by atoms with van der Waals surface area (Å²) >= 11 is 0. The first kappa shape index (κ1) is 11.4. The van der Waals surface area contributed by atoms with Crippen LogP contribution in [0.5, 0.6) is 0 Å². The summed E-state index contributed by atoms with van der Waals surface area (Å²) in [6, 6.07) is 0. The van der Waals surface area contributed by atoms with Gasteiger partial charge in [0.2, 0.25) is 0 Å². The molecule has 0 heterocycles. The molecule has 0 aliphatic carbocycles. The van der Waals surface area contributed by atoms with Crippen molar-refractivity contribution in [1.29, 1.82) is 0 Å². The smallest absolute Gasteiger partial charge is 0.677 e. The van der Waals surface area contributed by atoms with E-state index >= 15 is 0 Å². The summed E-state index contributed by atoms with van der Waals surface area (Å²) in [6.45, 7) is 2.80. The van der Waals surface area contributed by atoms with Gasteiger partial charge in [0, 0.05) is 0 Å². The predicted molar refractivity (Wildman–Crippen MR) is 33.3 cm³/mol. The first-order valence-electron chi connectivity index (χ1n) is 3.06. The van der Waals surface area contributed by atoms with Crippen molar-refractivity contribution in [3.8, 4) is 0 Å². The molecule has 0 aromatic heterocycles. The van der Waals surface area contributed by atoms with Crippen LogP contribution >= 0.6 is 0 Å². The van der Waals surface area contributed by atoms with Gasteiger partial charge in [0.15, 0.2) is 0 Å². The molecule has 0 saturated heterocycles. The molecular formula is C6H14LiN. The second-order valence-corrected chi connectivity index (χ2v) is 1.81. The second-order valence-electron chi connectivity index (χ2n) is 1.81. The van der Waals surface area contributed by atoms with E-state index in [-0.39, 0.29) is 18.9 Å². The third kappa shape index (κ3) is 9.75. The van der Waals surface area contributed by atoms with E-state index in [1.54, 1.807) is 0 Å². The first-order chi connectivity index (χ1) is 3.41. The normalized spacial score (nSPS) is 8.25. The van der Waals surface area contributed by atoms with Crippen LogP contribution in [-0.4, -0.2) is 6.54 Å². The van der Waals surface area contributed by atoms with Gasteiger partial charge >= 0.3 is 18.9 Å². The Kier molecular flexibility index (Phi) is 14.9. The topological polar surface area (TPSA) is 23.8 Å². The minimum absolute atomic E-state index is 0. The standard InChI is InChI=1S/C6H14N.Li/c1-2-3-4-5-6-7;/h7H,2-6H2,1H3;/q-1;+1. The number of unbranched alkanes of at least 4 members (excludes halogenated alkanes) is 3. The fourth-order valence-electron chi connectivity index (χ4n) is 0.552. The average molecular weight is 107 g/mol. The van der Waals surface area contributed by atoms with E-state index in [4.69, 9.17) is 5.73 Å². The molecule has 0 unspecified atom stereocenters. The molecule has 8 heavy (non-hydrogen) atoms. The van der Waals surface area contributed by atoms with Gasteiger partial charge in [-0.15, -0.1) is 0 Å². The largest absolute Gasteiger partial charge is 1.00 e. The van der Waals surface area contributed by atoms with Crippen LogP contribution in [0.25, 0.3) is 5.73 Å². The van der Waals surface area contributed by atoms with Crippen molar-refractivity contribution in [3.63, 3.8) is 0 Å². The molecule has 0 fully saturated rings. The number of hydrogen-bond acceptors (Lipinski definition) is 0. The number of hydrogen-bond donors (Lipinski definition) is 0. The minimum Gasteiger partial charge on any atom is -0.677 e. The van der Waals surface area contributed by atoms with Gasteiger partial charge in [-0.3, -0.25) is 0 Å². The van der Waals surface area contributed by atoms with E-state index < -0.39 is 0 Å². The molecule has 0 amide bonds. The van der Waals surface area contributed by atoms with Gasteiger partial charge < -0.3 is 5.73 Å². The third-order valence-electron chi connectivity index (χ3n) is 1.03. The van der Waals surface area contributed by atoms with Crippen molar-refractivity contribution in [3.05, 3.63) is 5.73 Å². The molecule has 0 aromatic carbocycles. The quantitative estimate of drug-likeness (QED) is 0.345. The Labute approximate surface area is 64.2 Å². The Morgan fingerprint density at radius 1 is 1.12 bits per heavy atom. The summed E-state index contributed by atoms with van der Waals surface area (Å²) in [5, 5.41) is 0. The van der Waals surface area contributed by atoms with E-state index in [9.17, 15) is 0 Å². The molecular weight excluding hydrogens is 93.0 g/mol. The zero-order valence-corrected chi connectivity index (χ0v) is 6.04. The molecule has 2 heteroatoms. The Bertz CT molecular complexity index is 27.7. The van der Waals surface area contributed by atoms with Crippen LogP contribution in [0.4, 0.5) is 0 Å². The van der Waals surface area contributed by atoms with Gasteiger partial charge in [0.05, 0.1) is 0 Å². The number of rotatable bonds is 4. The van der Waals surface area contributed by atoms with Crippen LogP contribution in [0.1, 0.15) is 32.6 Å². The Morgan fingerprint density at radius 3 is 2.12 bits per heavy atom. The van der Waals surface area contributed by atoms with Crippen molar-refractivity contribution in [2.45, 2.75) is 32.6 Å². The van der Waals surface area contributed by atoms with E-state index in [0.717, 1.165) is 6.42 Å². The zero-order chi connectivity index (χ0) is 5.54. The Balaban J connectivity index is 0. The SMILES string of the molecule is CCCCCC[NH-].[Li+]. The van der Waals surface area contributed by atoms with Crippen molar-refractivity contribution in [2.24, 2.45) is 0 Å². The fraction of sp³-hybridized carbons (Fsp3) is 1.00. The summed E-state index contributed by atoms with van der Waals surface area (Å²) in [5.74, 6) is 0. The summed E-state index contributed by atoms with van der Waals surface area (Å²) in [6.07, 6.45) is 4.92. The van der Waals surface area contributed by atoms with Crippen LogP contribution in [0.3, 0.4) is 0 Å². The molecule has 44 valence electrons. The maximum Gasteiger partial charge on any atom is 1.00 e. The summed E-state index contributed by atoms with van der Waals surface area (Å²) in [5.41, 5.74) is 6.78. The molecule has 0 aromatic rings. The zero-order valence-electron chi connectivity index (χ0n) is 6.04. The summed E-state index contributed by atoms with van der Waals surface area (Å²) < 4.78 is 0. The first-order valence-corrected chi connectivity index (χ1v) is 3.06. The summed E-state index contributed by atoms with van der Waals surface area (Å²) in [4.78, 5) is 0. The molecule has 0 aliphatic rings. The third-order valence-corrected chi connectivity index (χ3v) is 1.03. The molecule has 1 N–H and O–H groups in total. The maximum atomic E-state index is 6.78. The Morgan fingerprint density at radius 2 is 1.75 bits per heavy atom. The van der Waals surface area contributed by atoms with Gasteiger partial charge in [-0.2, -0.15) is 6.54 Å². The van der Waals surface area contributed by atoms with E-state index in [2.05, 4.69) is 6.92 Å². The molecule has 0 spiro atoms. The van der Waals surface area contributed by atoms with Crippen LogP contribution < -0.4 is 18.9 Å². The van der Waals surface area contributed by atoms with E-state index in [0.29, 0.717) is 6.54 Å². The van der Waals surface area contributed by atoms with Gasteiger partial charge in [0.1, 0.15) is 0 Å². The van der Waals surface area contributed by atoms with Crippen LogP contribution in [0.2, 0.25) is 0 Å². The van der Waals surface area contributed by atoms with Crippen LogP contribution in [-0.2, 0) is 0 Å². The van der Waals surface area contributed by atoms with E-state index in [1.807, 2.05) is 0 Å². The molecule has 0 aliphatic heterocycles. The second kappa shape index (κ2) is 10.5. The monoisotopic (exact) mass is 107 g/mol. The van der Waals surface area contributed by atoms with Gasteiger partial charge in [0.25, 0.3) is 0 Å². The van der Waals surface area contributed by atoms with Crippen molar-refractivity contribution in [1.82, 2.24) is 0 Å². The molecule has 0 rings (SSSR count). The summed E-state index contributed by atoms with van der Waals surface area (Å²) in [7, 11) is 0. The predicted octanol–water partition coefficient (Wildman–Crippen LogP) is -0.377. The number of nitrogens with one attached hydrogen (secondary N) is 1. The van der Waals surface area contributed by atoms with E-state index in [1.165, 1.54) is 19.3 Å². The average Bonchev–Trinajstić information content (AvgIpc) is 1.69. The minimum atomic E-state index is 0. The molecule has 0 bridgehead atoms.